The molecule has 0 aromatic heterocycles. The minimum Gasteiger partial charge on any atom is -0.497 e. The Bertz CT molecular complexity index is 713. The number of carbonyl (C=O) groups is 2. The summed E-state index contributed by atoms with van der Waals surface area (Å²) < 4.78 is 10.8. The Morgan fingerprint density at radius 3 is 2.29 bits per heavy atom. The number of primary amides is 1. The molecule has 0 heterocycles. The molecule has 0 saturated carbocycles. The van der Waals surface area contributed by atoms with Crippen molar-refractivity contribution in [2.75, 3.05) is 12.4 Å². The Kier molecular flexibility index (Phi) is 5.78. The number of hydrogen-bond donors (Lipinski definition) is 2. The first kappa shape index (κ1) is 17.3. The quantitative estimate of drug-likeness (QED) is 0.817. The van der Waals surface area contributed by atoms with E-state index < -0.39 is 12.0 Å². The first-order chi connectivity index (χ1) is 11.5. The van der Waals surface area contributed by atoms with Gasteiger partial charge in [0.15, 0.2) is 6.10 Å². The van der Waals surface area contributed by atoms with Gasteiger partial charge in [0.2, 0.25) is 0 Å². The third-order valence-electron chi connectivity index (χ3n) is 3.45. The van der Waals surface area contributed by atoms with Crippen molar-refractivity contribution < 1.29 is 19.1 Å². The van der Waals surface area contributed by atoms with Crippen molar-refractivity contribution in [3.05, 3.63) is 54.1 Å². The molecule has 0 aliphatic carbocycles. The molecule has 0 fully saturated rings. The lowest BCUT2D eigenvalue weighted by Gasteiger charge is -2.18. The van der Waals surface area contributed by atoms with Gasteiger partial charge in [-0.3, -0.25) is 9.59 Å². The van der Waals surface area contributed by atoms with Crippen LogP contribution in [0, 0.1) is 0 Å². The molecular formula is C18H20N2O4. The molecule has 0 spiro atoms. The number of hydrogen-bond acceptors (Lipinski definition) is 4. The second-order valence-electron chi connectivity index (χ2n) is 5.09. The number of nitrogens with two attached hydrogens (primary N) is 1. The van der Waals surface area contributed by atoms with Crippen LogP contribution in [-0.2, 0) is 4.79 Å². The zero-order valence-electron chi connectivity index (χ0n) is 13.6. The number of ether oxygens (including phenoxy) is 2. The van der Waals surface area contributed by atoms with E-state index in [2.05, 4.69) is 5.32 Å². The summed E-state index contributed by atoms with van der Waals surface area (Å²) in [6.45, 7) is 1.84. The second-order valence-corrected chi connectivity index (χ2v) is 5.09. The standard InChI is InChI=1S/C18H20N2O4/c1-3-16(24-13-10-8-12(23-2)9-11-13)18(22)20-15-7-5-4-6-14(15)17(19)21/h4-11,16H,3H2,1-2H3,(H2,19,21)(H,20,22)/t16-/m1/s1. The molecule has 126 valence electrons. The molecule has 6 heteroatoms. The minimum absolute atomic E-state index is 0.255. The van der Waals surface area contributed by atoms with Crippen LogP contribution in [0.3, 0.4) is 0 Å². The summed E-state index contributed by atoms with van der Waals surface area (Å²) in [7, 11) is 1.58. The highest BCUT2D eigenvalue weighted by Gasteiger charge is 2.20. The smallest absolute Gasteiger partial charge is 0.265 e. The predicted octanol–water partition coefficient (Wildman–Crippen LogP) is 2.59. The Hall–Kier alpha value is -3.02. The van der Waals surface area contributed by atoms with Crippen molar-refractivity contribution in [3.8, 4) is 11.5 Å². The zero-order valence-corrected chi connectivity index (χ0v) is 13.6. The summed E-state index contributed by atoms with van der Waals surface area (Å²) in [5, 5.41) is 2.70. The van der Waals surface area contributed by atoms with E-state index in [1.54, 1.807) is 55.6 Å². The molecule has 0 aliphatic rings. The molecule has 2 aromatic carbocycles. The lowest BCUT2D eigenvalue weighted by molar-refractivity contribution is -0.122. The Labute approximate surface area is 140 Å². The first-order valence-electron chi connectivity index (χ1n) is 7.55. The molecule has 0 unspecified atom stereocenters. The van der Waals surface area contributed by atoms with E-state index in [0.29, 0.717) is 23.6 Å². The van der Waals surface area contributed by atoms with Crippen LogP contribution < -0.4 is 20.5 Å². The number of para-hydroxylation sites is 1. The highest BCUT2D eigenvalue weighted by Crippen LogP contribution is 2.20. The summed E-state index contributed by atoms with van der Waals surface area (Å²) in [5.74, 6) is 0.313. The number of benzene rings is 2. The van der Waals surface area contributed by atoms with E-state index in [4.69, 9.17) is 15.2 Å². The molecule has 0 radical (unpaired) electrons. The topological polar surface area (TPSA) is 90.7 Å². The maximum atomic E-state index is 12.4. The number of anilines is 1. The highest BCUT2D eigenvalue weighted by molar-refractivity contribution is 6.04. The fraction of sp³-hybridized carbons (Fsp3) is 0.222. The van der Waals surface area contributed by atoms with Gasteiger partial charge >= 0.3 is 0 Å². The van der Waals surface area contributed by atoms with Gasteiger partial charge in [-0.2, -0.15) is 0 Å². The summed E-state index contributed by atoms with van der Waals surface area (Å²) in [4.78, 5) is 23.9. The van der Waals surface area contributed by atoms with Gasteiger partial charge in [0.25, 0.3) is 11.8 Å². The average Bonchev–Trinajstić information content (AvgIpc) is 2.60. The molecule has 2 amide bonds. The van der Waals surface area contributed by atoms with Crippen molar-refractivity contribution in [2.45, 2.75) is 19.4 Å². The largest absolute Gasteiger partial charge is 0.497 e. The summed E-state index contributed by atoms with van der Waals surface area (Å²) >= 11 is 0. The summed E-state index contributed by atoms with van der Waals surface area (Å²) in [6, 6.07) is 13.5. The van der Waals surface area contributed by atoms with Crippen LogP contribution in [0.2, 0.25) is 0 Å². The maximum absolute atomic E-state index is 12.4. The average molecular weight is 328 g/mol. The number of methoxy groups -OCH3 is 1. The van der Waals surface area contributed by atoms with E-state index in [1.165, 1.54) is 0 Å². The summed E-state index contributed by atoms with van der Waals surface area (Å²) in [6.07, 6.45) is -0.226. The highest BCUT2D eigenvalue weighted by atomic mass is 16.5. The van der Waals surface area contributed by atoms with E-state index in [0.717, 1.165) is 0 Å². The van der Waals surface area contributed by atoms with E-state index >= 15 is 0 Å². The third kappa shape index (κ3) is 4.25. The molecule has 2 aromatic rings. The zero-order chi connectivity index (χ0) is 17.5. The summed E-state index contributed by atoms with van der Waals surface area (Å²) in [5.41, 5.74) is 5.94. The lowest BCUT2D eigenvalue weighted by Crippen LogP contribution is -2.33. The predicted molar refractivity (Wildman–Crippen MR) is 91.3 cm³/mol. The SMILES string of the molecule is CC[C@@H](Oc1ccc(OC)cc1)C(=O)Nc1ccccc1C(N)=O. The van der Waals surface area contributed by atoms with Gasteiger partial charge in [0.05, 0.1) is 18.4 Å². The normalized spacial score (nSPS) is 11.4. The molecular weight excluding hydrogens is 308 g/mol. The van der Waals surface area contributed by atoms with Crippen LogP contribution in [0.25, 0.3) is 0 Å². The third-order valence-corrected chi connectivity index (χ3v) is 3.45. The van der Waals surface area contributed by atoms with Crippen LogP contribution in [0.4, 0.5) is 5.69 Å². The Balaban J connectivity index is 2.10. The number of carbonyl (C=O) groups excluding carboxylic acids is 2. The van der Waals surface area contributed by atoms with Gasteiger partial charge < -0.3 is 20.5 Å². The molecule has 2 rings (SSSR count). The van der Waals surface area contributed by atoms with Gasteiger partial charge in [0, 0.05) is 0 Å². The fourth-order valence-electron chi connectivity index (χ4n) is 2.16. The molecule has 0 saturated heterocycles. The molecule has 1 atom stereocenters. The van der Waals surface area contributed by atoms with Crippen LogP contribution >= 0.6 is 0 Å². The number of rotatable bonds is 7. The molecule has 0 bridgehead atoms. The van der Waals surface area contributed by atoms with Crippen molar-refractivity contribution >= 4 is 17.5 Å². The molecule has 3 N–H and O–H groups in total. The van der Waals surface area contributed by atoms with E-state index in [-0.39, 0.29) is 11.5 Å². The maximum Gasteiger partial charge on any atom is 0.265 e. The van der Waals surface area contributed by atoms with E-state index in [1.807, 2.05) is 6.92 Å². The van der Waals surface area contributed by atoms with Crippen LogP contribution in [0.1, 0.15) is 23.7 Å². The molecule has 0 aliphatic heterocycles. The Morgan fingerprint density at radius 1 is 1.08 bits per heavy atom. The van der Waals surface area contributed by atoms with Crippen LogP contribution in [-0.4, -0.2) is 25.0 Å². The van der Waals surface area contributed by atoms with Crippen molar-refractivity contribution in [1.29, 1.82) is 0 Å². The number of amides is 2. The second kappa shape index (κ2) is 8.01. The van der Waals surface area contributed by atoms with Gasteiger partial charge in [-0.25, -0.2) is 0 Å². The van der Waals surface area contributed by atoms with Crippen LogP contribution in [0.5, 0.6) is 11.5 Å². The van der Waals surface area contributed by atoms with Crippen molar-refractivity contribution in [3.63, 3.8) is 0 Å². The lowest BCUT2D eigenvalue weighted by atomic mass is 10.1. The Morgan fingerprint density at radius 2 is 1.71 bits per heavy atom. The molecule has 24 heavy (non-hydrogen) atoms. The monoisotopic (exact) mass is 328 g/mol. The van der Waals surface area contributed by atoms with Crippen LogP contribution in [0.15, 0.2) is 48.5 Å². The first-order valence-corrected chi connectivity index (χ1v) is 7.55. The fourth-order valence-corrected chi connectivity index (χ4v) is 2.16. The van der Waals surface area contributed by atoms with Gasteiger partial charge in [-0.1, -0.05) is 19.1 Å². The minimum atomic E-state index is -0.695. The van der Waals surface area contributed by atoms with Gasteiger partial charge in [-0.05, 0) is 42.8 Å². The van der Waals surface area contributed by atoms with Crippen molar-refractivity contribution in [2.24, 2.45) is 5.73 Å². The number of nitrogens with one attached hydrogen (secondary N) is 1. The van der Waals surface area contributed by atoms with E-state index in [9.17, 15) is 9.59 Å². The van der Waals surface area contributed by atoms with Gasteiger partial charge in [0.1, 0.15) is 11.5 Å². The van der Waals surface area contributed by atoms with Gasteiger partial charge in [-0.15, -0.1) is 0 Å². The molecule has 6 nitrogen and oxygen atoms in total. The van der Waals surface area contributed by atoms with Crippen molar-refractivity contribution in [1.82, 2.24) is 0 Å².